The standard InChI is InChI=1S/C20H16ClNO3/c21-16-9-10-19(23)18(12-16)22-20(24)15-7-4-8-17(11-15)25-13-14-5-2-1-3-6-14/h1-12,23H,13H2,(H,22,24). The third kappa shape index (κ3) is 4.52. The van der Waals surface area contributed by atoms with Crippen molar-refractivity contribution in [1.29, 1.82) is 0 Å². The van der Waals surface area contributed by atoms with Crippen molar-refractivity contribution in [2.45, 2.75) is 6.61 Å². The van der Waals surface area contributed by atoms with E-state index in [1.807, 2.05) is 30.3 Å². The first-order valence-corrected chi connectivity index (χ1v) is 8.06. The number of nitrogens with one attached hydrogen (secondary N) is 1. The van der Waals surface area contributed by atoms with Crippen LogP contribution in [0.4, 0.5) is 5.69 Å². The number of phenolic OH excluding ortho intramolecular Hbond substituents is 1. The number of rotatable bonds is 5. The highest BCUT2D eigenvalue weighted by Crippen LogP contribution is 2.27. The van der Waals surface area contributed by atoms with Crippen LogP contribution in [-0.4, -0.2) is 11.0 Å². The van der Waals surface area contributed by atoms with Gasteiger partial charge in [0.05, 0.1) is 5.69 Å². The normalized spacial score (nSPS) is 10.3. The first kappa shape index (κ1) is 16.9. The first-order valence-electron chi connectivity index (χ1n) is 7.68. The minimum Gasteiger partial charge on any atom is -0.506 e. The summed E-state index contributed by atoms with van der Waals surface area (Å²) in [4.78, 5) is 12.4. The topological polar surface area (TPSA) is 58.6 Å². The fraction of sp³-hybridized carbons (Fsp3) is 0.0500. The molecule has 3 aromatic rings. The van der Waals surface area contributed by atoms with Crippen LogP contribution < -0.4 is 10.1 Å². The zero-order chi connectivity index (χ0) is 17.6. The van der Waals surface area contributed by atoms with Crippen molar-refractivity contribution in [3.8, 4) is 11.5 Å². The lowest BCUT2D eigenvalue weighted by Gasteiger charge is -2.10. The molecule has 0 saturated carbocycles. The molecule has 0 heterocycles. The fourth-order valence-corrected chi connectivity index (χ4v) is 2.44. The predicted molar refractivity (Wildman–Crippen MR) is 98.3 cm³/mol. The molecule has 0 aliphatic rings. The maximum Gasteiger partial charge on any atom is 0.255 e. The van der Waals surface area contributed by atoms with Crippen molar-refractivity contribution < 1.29 is 14.6 Å². The highest BCUT2D eigenvalue weighted by atomic mass is 35.5. The van der Waals surface area contributed by atoms with E-state index in [1.165, 1.54) is 12.1 Å². The predicted octanol–water partition coefficient (Wildman–Crippen LogP) is 4.88. The Hall–Kier alpha value is -2.98. The summed E-state index contributed by atoms with van der Waals surface area (Å²) >= 11 is 5.89. The molecule has 0 aromatic heterocycles. The molecule has 0 radical (unpaired) electrons. The van der Waals surface area contributed by atoms with Gasteiger partial charge < -0.3 is 15.2 Å². The quantitative estimate of drug-likeness (QED) is 0.643. The zero-order valence-electron chi connectivity index (χ0n) is 13.3. The molecule has 3 aromatic carbocycles. The Bertz CT molecular complexity index is 881. The van der Waals surface area contributed by atoms with Crippen molar-refractivity contribution in [3.05, 3.63) is 88.9 Å². The summed E-state index contributed by atoms with van der Waals surface area (Å²) in [6.45, 7) is 0.418. The summed E-state index contributed by atoms with van der Waals surface area (Å²) in [5.74, 6) is 0.184. The number of hydrogen-bond acceptors (Lipinski definition) is 3. The number of anilines is 1. The Morgan fingerprint density at radius 2 is 1.80 bits per heavy atom. The number of aromatic hydroxyl groups is 1. The van der Waals surface area contributed by atoms with Gasteiger partial charge in [-0.05, 0) is 42.0 Å². The van der Waals surface area contributed by atoms with E-state index in [-0.39, 0.29) is 17.3 Å². The molecule has 0 spiro atoms. The van der Waals surface area contributed by atoms with Gasteiger partial charge >= 0.3 is 0 Å². The maximum atomic E-state index is 12.4. The first-order chi connectivity index (χ1) is 12.1. The third-order valence-corrected chi connectivity index (χ3v) is 3.79. The molecule has 4 nitrogen and oxygen atoms in total. The number of halogens is 1. The summed E-state index contributed by atoms with van der Waals surface area (Å²) < 4.78 is 5.73. The number of benzene rings is 3. The van der Waals surface area contributed by atoms with E-state index in [9.17, 15) is 9.90 Å². The smallest absolute Gasteiger partial charge is 0.255 e. The van der Waals surface area contributed by atoms with Crippen molar-refractivity contribution >= 4 is 23.2 Å². The van der Waals surface area contributed by atoms with E-state index >= 15 is 0 Å². The van der Waals surface area contributed by atoms with Crippen LogP contribution in [-0.2, 0) is 6.61 Å². The molecule has 0 aliphatic carbocycles. The average Bonchev–Trinajstić information content (AvgIpc) is 2.64. The van der Waals surface area contributed by atoms with Gasteiger partial charge in [0.25, 0.3) is 5.91 Å². The van der Waals surface area contributed by atoms with E-state index in [2.05, 4.69) is 5.32 Å². The summed E-state index contributed by atoms with van der Waals surface area (Å²) in [6, 6.07) is 21.1. The van der Waals surface area contributed by atoms with Gasteiger partial charge in [-0.15, -0.1) is 0 Å². The second kappa shape index (κ2) is 7.73. The van der Waals surface area contributed by atoms with Gasteiger partial charge in [-0.25, -0.2) is 0 Å². The second-order valence-electron chi connectivity index (χ2n) is 5.42. The van der Waals surface area contributed by atoms with Gasteiger partial charge in [-0.2, -0.15) is 0 Å². The molecular weight excluding hydrogens is 338 g/mol. The molecule has 0 atom stereocenters. The molecule has 0 unspecified atom stereocenters. The van der Waals surface area contributed by atoms with Crippen LogP contribution in [0.25, 0.3) is 0 Å². The molecule has 0 aliphatic heterocycles. The Balaban J connectivity index is 1.70. The van der Waals surface area contributed by atoms with Crippen LogP contribution in [0.3, 0.4) is 0 Å². The van der Waals surface area contributed by atoms with Crippen LogP contribution in [0.15, 0.2) is 72.8 Å². The monoisotopic (exact) mass is 353 g/mol. The van der Waals surface area contributed by atoms with Crippen LogP contribution in [0.2, 0.25) is 5.02 Å². The molecule has 5 heteroatoms. The Morgan fingerprint density at radius 1 is 1.00 bits per heavy atom. The Labute approximate surface area is 150 Å². The second-order valence-corrected chi connectivity index (χ2v) is 5.85. The van der Waals surface area contributed by atoms with Gasteiger partial charge in [0.15, 0.2) is 0 Å². The molecule has 0 bridgehead atoms. The van der Waals surface area contributed by atoms with E-state index < -0.39 is 0 Å². The number of phenols is 1. The van der Waals surface area contributed by atoms with Gasteiger partial charge in [0, 0.05) is 10.6 Å². The molecule has 2 N–H and O–H groups in total. The lowest BCUT2D eigenvalue weighted by molar-refractivity contribution is 0.102. The summed E-state index contributed by atoms with van der Waals surface area (Å²) in [5, 5.41) is 12.9. The highest BCUT2D eigenvalue weighted by Gasteiger charge is 2.10. The number of amides is 1. The third-order valence-electron chi connectivity index (χ3n) is 3.55. The average molecular weight is 354 g/mol. The van der Waals surface area contributed by atoms with Crippen molar-refractivity contribution in [1.82, 2.24) is 0 Å². The number of carbonyl (C=O) groups is 1. The van der Waals surface area contributed by atoms with Gasteiger partial charge in [-0.1, -0.05) is 48.0 Å². The van der Waals surface area contributed by atoms with Crippen molar-refractivity contribution in [2.24, 2.45) is 0 Å². The van der Waals surface area contributed by atoms with E-state index in [4.69, 9.17) is 16.3 Å². The van der Waals surface area contributed by atoms with Crippen LogP contribution in [0.1, 0.15) is 15.9 Å². The van der Waals surface area contributed by atoms with Gasteiger partial charge in [0.2, 0.25) is 0 Å². The van der Waals surface area contributed by atoms with Crippen LogP contribution >= 0.6 is 11.6 Å². The van der Waals surface area contributed by atoms with Crippen LogP contribution in [0.5, 0.6) is 11.5 Å². The van der Waals surface area contributed by atoms with E-state index in [0.717, 1.165) is 5.56 Å². The fourth-order valence-electron chi connectivity index (χ4n) is 2.27. The van der Waals surface area contributed by atoms with E-state index in [0.29, 0.717) is 22.9 Å². The lowest BCUT2D eigenvalue weighted by atomic mass is 10.2. The summed E-state index contributed by atoms with van der Waals surface area (Å²) in [6.07, 6.45) is 0. The molecule has 3 rings (SSSR count). The Kier molecular flexibility index (Phi) is 5.21. The largest absolute Gasteiger partial charge is 0.506 e. The summed E-state index contributed by atoms with van der Waals surface area (Å²) in [5.41, 5.74) is 1.72. The minimum absolute atomic E-state index is 0.0470. The molecular formula is C20H16ClNO3. The van der Waals surface area contributed by atoms with Gasteiger partial charge in [-0.3, -0.25) is 4.79 Å². The van der Waals surface area contributed by atoms with Crippen LogP contribution in [0, 0.1) is 0 Å². The molecule has 1 amide bonds. The minimum atomic E-state index is -0.359. The molecule has 126 valence electrons. The van der Waals surface area contributed by atoms with Crippen molar-refractivity contribution in [3.63, 3.8) is 0 Å². The maximum absolute atomic E-state index is 12.4. The molecule has 0 fully saturated rings. The van der Waals surface area contributed by atoms with Crippen molar-refractivity contribution in [2.75, 3.05) is 5.32 Å². The number of ether oxygens (including phenoxy) is 1. The number of hydrogen-bond donors (Lipinski definition) is 2. The van der Waals surface area contributed by atoms with Gasteiger partial charge in [0.1, 0.15) is 18.1 Å². The van der Waals surface area contributed by atoms with E-state index in [1.54, 1.807) is 30.3 Å². The lowest BCUT2D eigenvalue weighted by Crippen LogP contribution is -2.12. The summed E-state index contributed by atoms with van der Waals surface area (Å²) in [7, 11) is 0. The SMILES string of the molecule is O=C(Nc1cc(Cl)ccc1O)c1cccc(OCc2ccccc2)c1. The highest BCUT2D eigenvalue weighted by molar-refractivity contribution is 6.31. The molecule has 25 heavy (non-hydrogen) atoms. The zero-order valence-corrected chi connectivity index (χ0v) is 14.0. The number of carbonyl (C=O) groups excluding carboxylic acids is 1. The molecule has 0 saturated heterocycles. The Morgan fingerprint density at radius 3 is 2.60 bits per heavy atom.